The second kappa shape index (κ2) is 8.10. The summed E-state index contributed by atoms with van der Waals surface area (Å²) >= 11 is 0. The van der Waals surface area contributed by atoms with Crippen LogP contribution in [0.3, 0.4) is 0 Å². The molecule has 0 aliphatic carbocycles. The Bertz CT molecular complexity index is 1320. The molecule has 2 aliphatic heterocycles. The van der Waals surface area contributed by atoms with Crippen molar-refractivity contribution in [3.8, 4) is 11.5 Å². The number of benzene rings is 2. The number of ether oxygens (including phenoxy) is 2. The highest BCUT2D eigenvalue weighted by atomic mass is 16.5. The zero-order valence-electron chi connectivity index (χ0n) is 19.1. The first-order valence-electron chi connectivity index (χ1n) is 11.7. The monoisotopic (exact) mass is 440 g/mol. The SMILES string of the molecule is COc1ccc2[nH]c3c(c2c1)CCN=C3CCCC1=NCCc2c1[nH]c1ccc(OC)cc21. The molecule has 2 aromatic heterocycles. The standard InChI is InChI=1S/C27H28N4O2/c1-32-16-6-8-22-20(14-16)18-10-12-28-24(26(18)30-22)4-3-5-25-27-19(11-13-29-25)21-15-17(33-2)7-9-23(21)31-27/h6-9,14-15,30-31H,3-5,10-13H2,1-2H3. The molecule has 2 aliphatic rings. The molecular formula is C27H28N4O2. The smallest absolute Gasteiger partial charge is 0.119 e. The number of aliphatic imine (C=N–C) groups is 2. The van der Waals surface area contributed by atoms with Crippen molar-refractivity contribution in [2.24, 2.45) is 9.98 Å². The summed E-state index contributed by atoms with van der Waals surface area (Å²) in [5.41, 5.74) is 9.83. The van der Waals surface area contributed by atoms with E-state index in [9.17, 15) is 0 Å². The van der Waals surface area contributed by atoms with Gasteiger partial charge in [-0.15, -0.1) is 0 Å². The first-order chi connectivity index (χ1) is 16.2. The fourth-order valence-corrected chi connectivity index (χ4v) is 5.31. The molecule has 6 heteroatoms. The Hall–Kier alpha value is -3.54. The molecule has 2 aromatic carbocycles. The van der Waals surface area contributed by atoms with Gasteiger partial charge in [-0.2, -0.15) is 0 Å². The Balaban J connectivity index is 1.21. The van der Waals surface area contributed by atoms with Crippen molar-refractivity contribution < 1.29 is 9.47 Å². The molecule has 0 radical (unpaired) electrons. The predicted molar refractivity (Wildman–Crippen MR) is 134 cm³/mol. The van der Waals surface area contributed by atoms with Crippen LogP contribution in [0.1, 0.15) is 41.8 Å². The number of nitrogens with zero attached hydrogens (tertiary/aromatic N) is 2. The minimum atomic E-state index is 0.849. The normalized spacial score (nSPS) is 15.2. The van der Waals surface area contributed by atoms with Gasteiger partial charge in [-0.1, -0.05) is 0 Å². The number of H-pyrrole nitrogens is 2. The maximum atomic E-state index is 5.44. The summed E-state index contributed by atoms with van der Waals surface area (Å²) in [6, 6.07) is 12.5. The fraction of sp³-hybridized carbons (Fsp3) is 0.333. The van der Waals surface area contributed by atoms with Crippen LogP contribution in [0.4, 0.5) is 0 Å². The minimum absolute atomic E-state index is 0.849. The summed E-state index contributed by atoms with van der Waals surface area (Å²) in [4.78, 5) is 17.0. The van der Waals surface area contributed by atoms with Crippen LogP contribution in [0, 0.1) is 0 Å². The van der Waals surface area contributed by atoms with E-state index in [-0.39, 0.29) is 0 Å². The second-order valence-corrected chi connectivity index (χ2v) is 8.79. The molecule has 168 valence electrons. The first kappa shape index (κ1) is 20.1. The Morgan fingerprint density at radius 1 is 0.727 bits per heavy atom. The maximum absolute atomic E-state index is 5.44. The number of nitrogens with one attached hydrogen (secondary N) is 2. The lowest BCUT2D eigenvalue weighted by Gasteiger charge is -2.16. The van der Waals surface area contributed by atoms with Crippen LogP contribution < -0.4 is 9.47 Å². The lowest BCUT2D eigenvalue weighted by Crippen LogP contribution is -2.15. The lowest BCUT2D eigenvalue weighted by molar-refractivity contribution is 0.415. The molecule has 0 amide bonds. The van der Waals surface area contributed by atoms with Crippen LogP contribution >= 0.6 is 0 Å². The Morgan fingerprint density at radius 2 is 1.21 bits per heavy atom. The molecule has 6 nitrogen and oxygen atoms in total. The van der Waals surface area contributed by atoms with E-state index in [0.717, 1.165) is 67.7 Å². The Morgan fingerprint density at radius 3 is 1.67 bits per heavy atom. The molecule has 0 bridgehead atoms. The number of hydrogen-bond donors (Lipinski definition) is 2. The van der Waals surface area contributed by atoms with Gasteiger partial charge in [0.2, 0.25) is 0 Å². The molecule has 0 saturated heterocycles. The van der Waals surface area contributed by atoms with E-state index in [4.69, 9.17) is 19.5 Å². The summed E-state index contributed by atoms with van der Waals surface area (Å²) in [6.45, 7) is 1.70. The number of aromatic nitrogens is 2. The van der Waals surface area contributed by atoms with Gasteiger partial charge >= 0.3 is 0 Å². The van der Waals surface area contributed by atoms with Gasteiger partial charge in [-0.05, 0) is 79.6 Å². The van der Waals surface area contributed by atoms with Crippen LogP contribution in [0.5, 0.6) is 11.5 Å². The maximum Gasteiger partial charge on any atom is 0.119 e. The van der Waals surface area contributed by atoms with Crippen molar-refractivity contribution >= 4 is 33.2 Å². The average Bonchev–Trinajstić information content (AvgIpc) is 3.42. The Labute approximate surface area is 192 Å². The second-order valence-electron chi connectivity index (χ2n) is 8.79. The van der Waals surface area contributed by atoms with Gasteiger partial charge in [-0.25, -0.2) is 0 Å². The summed E-state index contributed by atoms with van der Waals surface area (Å²) in [7, 11) is 3.44. The number of aromatic amines is 2. The highest BCUT2D eigenvalue weighted by molar-refractivity contribution is 6.08. The molecule has 4 aromatic rings. The Kier molecular flexibility index (Phi) is 4.93. The third-order valence-corrected chi connectivity index (χ3v) is 6.96. The number of methoxy groups -OCH3 is 2. The fourth-order valence-electron chi connectivity index (χ4n) is 5.31. The van der Waals surface area contributed by atoms with Crippen LogP contribution in [-0.2, 0) is 12.8 Å². The molecule has 4 heterocycles. The van der Waals surface area contributed by atoms with Crippen LogP contribution in [0.2, 0.25) is 0 Å². The average molecular weight is 441 g/mol. The van der Waals surface area contributed by atoms with Crippen molar-refractivity contribution in [3.63, 3.8) is 0 Å². The molecule has 0 fully saturated rings. The zero-order valence-corrected chi connectivity index (χ0v) is 19.1. The minimum Gasteiger partial charge on any atom is -0.497 e. The molecule has 6 rings (SSSR count). The van der Waals surface area contributed by atoms with E-state index in [2.05, 4.69) is 34.2 Å². The van der Waals surface area contributed by atoms with Gasteiger partial charge < -0.3 is 19.4 Å². The first-order valence-corrected chi connectivity index (χ1v) is 11.7. The number of rotatable bonds is 6. The largest absolute Gasteiger partial charge is 0.497 e. The van der Waals surface area contributed by atoms with Crippen molar-refractivity contribution in [3.05, 3.63) is 58.9 Å². The van der Waals surface area contributed by atoms with E-state index < -0.39 is 0 Å². The quantitative estimate of drug-likeness (QED) is 0.431. The third-order valence-electron chi connectivity index (χ3n) is 6.96. The van der Waals surface area contributed by atoms with E-state index in [1.807, 2.05) is 12.1 Å². The van der Waals surface area contributed by atoms with Gasteiger partial charge in [0.05, 0.1) is 37.0 Å². The lowest BCUT2D eigenvalue weighted by atomic mass is 9.96. The molecular weight excluding hydrogens is 412 g/mol. The molecule has 2 N–H and O–H groups in total. The van der Waals surface area contributed by atoms with Crippen molar-refractivity contribution in [2.75, 3.05) is 27.3 Å². The van der Waals surface area contributed by atoms with Crippen molar-refractivity contribution in [2.45, 2.75) is 32.1 Å². The molecule has 0 spiro atoms. The molecule has 0 saturated carbocycles. The van der Waals surface area contributed by atoms with Gasteiger partial charge in [0.15, 0.2) is 0 Å². The van der Waals surface area contributed by atoms with Crippen LogP contribution in [-0.4, -0.2) is 48.7 Å². The van der Waals surface area contributed by atoms with Crippen molar-refractivity contribution in [1.29, 1.82) is 0 Å². The van der Waals surface area contributed by atoms with Crippen LogP contribution in [0.25, 0.3) is 21.8 Å². The highest BCUT2D eigenvalue weighted by Gasteiger charge is 2.22. The third kappa shape index (κ3) is 3.41. The van der Waals surface area contributed by atoms with Gasteiger partial charge in [-0.3, -0.25) is 9.98 Å². The number of fused-ring (bicyclic) bond motifs is 6. The van der Waals surface area contributed by atoms with Crippen LogP contribution in [0.15, 0.2) is 46.4 Å². The summed E-state index contributed by atoms with van der Waals surface area (Å²) < 4.78 is 10.9. The van der Waals surface area contributed by atoms with E-state index in [0.29, 0.717) is 0 Å². The van der Waals surface area contributed by atoms with Gasteiger partial charge in [0, 0.05) is 34.9 Å². The molecule has 0 unspecified atom stereocenters. The highest BCUT2D eigenvalue weighted by Crippen LogP contribution is 2.32. The van der Waals surface area contributed by atoms with E-state index >= 15 is 0 Å². The summed E-state index contributed by atoms with van der Waals surface area (Å²) in [5.74, 6) is 1.80. The van der Waals surface area contributed by atoms with E-state index in [1.54, 1.807) is 14.2 Å². The topological polar surface area (TPSA) is 74.8 Å². The van der Waals surface area contributed by atoms with Crippen molar-refractivity contribution in [1.82, 2.24) is 9.97 Å². The predicted octanol–water partition coefficient (Wildman–Crippen LogP) is 5.23. The van der Waals surface area contributed by atoms with E-state index in [1.165, 1.54) is 44.7 Å². The summed E-state index contributed by atoms with van der Waals surface area (Å²) in [5, 5.41) is 2.51. The zero-order chi connectivity index (χ0) is 22.4. The van der Waals surface area contributed by atoms with Gasteiger partial charge in [0.1, 0.15) is 11.5 Å². The number of hydrogen-bond acceptors (Lipinski definition) is 4. The molecule has 33 heavy (non-hydrogen) atoms. The van der Waals surface area contributed by atoms with Gasteiger partial charge in [0.25, 0.3) is 0 Å². The summed E-state index contributed by atoms with van der Waals surface area (Å²) in [6.07, 6.45) is 4.85. The molecule has 0 atom stereocenters.